The molecule has 0 unspecified atom stereocenters. The first-order valence-electron chi connectivity index (χ1n) is 7.68. The summed E-state index contributed by atoms with van der Waals surface area (Å²) in [5, 5.41) is 0. The van der Waals surface area contributed by atoms with Gasteiger partial charge >= 0.3 is 8.72 Å². The largest absolute Gasteiger partial charge is 0.427 e. The molecule has 110 valence electrons. The highest BCUT2D eigenvalue weighted by Gasteiger charge is 2.44. The molecule has 19 heavy (non-hydrogen) atoms. The lowest BCUT2D eigenvalue weighted by molar-refractivity contribution is 0.148. The van der Waals surface area contributed by atoms with E-state index >= 15 is 0 Å². The molecule has 0 bridgehead atoms. The van der Waals surface area contributed by atoms with E-state index in [1.54, 1.807) is 14.2 Å². The van der Waals surface area contributed by atoms with Crippen molar-refractivity contribution in [3.8, 4) is 0 Å². The van der Waals surface area contributed by atoms with Gasteiger partial charge in [0.25, 0.3) is 0 Å². The molecule has 0 N–H and O–H groups in total. The van der Waals surface area contributed by atoms with Crippen molar-refractivity contribution >= 4 is 14.4 Å². The van der Waals surface area contributed by atoms with Gasteiger partial charge in [-0.1, -0.05) is 6.42 Å². The second-order valence-corrected chi connectivity index (χ2v) is 8.95. The third-order valence-electron chi connectivity index (χ3n) is 4.43. The van der Waals surface area contributed by atoms with Crippen LogP contribution < -0.4 is 0 Å². The van der Waals surface area contributed by atoms with Gasteiger partial charge in [-0.3, -0.25) is 9.56 Å². The molecule has 1 heterocycles. The van der Waals surface area contributed by atoms with Gasteiger partial charge in [-0.25, -0.2) is 0 Å². The molecule has 0 aromatic rings. The van der Waals surface area contributed by atoms with Crippen molar-refractivity contribution in [2.45, 2.75) is 51.0 Å². The summed E-state index contributed by atoms with van der Waals surface area (Å²) < 4.78 is 14.0. The van der Waals surface area contributed by atoms with Crippen LogP contribution in [-0.4, -0.2) is 52.9 Å². The fourth-order valence-corrected chi connectivity index (χ4v) is 6.30. The molecule has 2 aliphatic rings. The van der Waals surface area contributed by atoms with Gasteiger partial charge in [0.1, 0.15) is 0 Å². The van der Waals surface area contributed by atoms with Crippen molar-refractivity contribution in [3.63, 3.8) is 0 Å². The highest BCUT2D eigenvalue weighted by molar-refractivity contribution is 6.64. The van der Waals surface area contributed by atoms with Crippen LogP contribution >= 0.6 is 0 Å². The van der Waals surface area contributed by atoms with E-state index < -0.39 is 8.72 Å². The van der Waals surface area contributed by atoms with E-state index in [2.05, 4.69) is 4.57 Å². The van der Waals surface area contributed by atoms with Crippen molar-refractivity contribution in [2.24, 2.45) is 4.99 Å². The highest BCUT2D eigenvalue weighted by Crippen LogP contribution is 2.26. The Bertz CT molecular complexity index is 298. The minimum Gasteiger partial charge on any atom is -0.386 e. The van der Waals surface area contributed by atoms with E-state index in [4.69, 9.17) is 13.8 Å². The summed E-state index contributed by atoms with van der Waals surface area (Å²) in [7, 11) is 1.53. The highest BCUT2D eigenvalue weighted by atomic mass is 28.4. The number of nitrogens with zero attached hydrogens (tertiary/aromatic N) is 2. The third-order valence-corrected chi connectivity index (χ3v) is 8.10. The van der Waals surface area contributed by atoms with Crippen LogP contribution in [0.15, 0.2) is 4.99 Å². The smallest absolute Gasteiger partial charge is 0.386 e. The number of hydrogen-bond donors (Lipinski definition) is 0. The summed E-state index contributed by atoms with van der Waals surface area (Å²) in [6.07, 6.45) is 8.98. The van der Waals surface area contributed by atoms with E-state index in [-0.39, 0.29) is 0 Å². The van der Waals surface area contributed by atoms with Crippen molar-refractivity contribution in [1.82, 2.24) is 4.57 Å². The molecular weight excluding hydrogens is 256 g/mol. The van der Waals surface area contributed by atoms with E-state index in [0.717, 1.165) is 25.7 Å². The van der Waals surface area contributed by atoms with Crippen molar-refractivity contribution in [1.29, 1.82) is 0 Å². The summed E-state index contributed by atoms with van der Waals surface area (Å²) in [5.41, 5.74) is 1.44. The summed E-state index contributed by atoms with van der Waals surface area (Å²) >= 11 is 0. The van der Waals surface area contributed by atoms with Crippen LogP contribution in [0.1, 0.15) is 44.9 Å². The maximum Gasteiger partial charge on any atom is 0.427 e. The fraction of sp³-hybridized carbons (Fsp3) is 0.929. The van der Waals surface area contributed by atoms with Crippen LogP contribution in [0, 0.1) is 0 Å². The first-order valence-corrected chi connectivity index (χ1v) is 9.65. The molecule has 0 spiro atoms. The first-order chi connectivity index (χ1) is 9.30. The molecule has 0 amide bonds. The zero-order valence-electron chi connectivity index (χ0n) is 12.5. The lowest BCUT2D eigenvalue weighted by Gasteiger charge is -2.41. The molecule has 2 fully saturated rings. The summed E-state index contributed by atoms with van der Waals surface area (Å²) in [6.45, 7) is 3.02. The zero-order chi connectivity index (χ0) is 13.6. The topological polar surface area (TPSA) is 34.1 Å². The van der Waals surface area contributed by atoms with Crippen molar-refractivity contribution < 1.29 is 8.85 Å². The van der Waals surface area contributed by atoms with Gasteiger partial charge in [0.05, 0.1) is 6.54 Å². The molecule has 0 radical (unpaired) electrons. The Labute approximate surface area is 118 Å². The Hall–Kier alpha value is -0.233. The van der Waals surface area contributed by atoms with Gasteiger partial charge in [0, 0.05) is 32.5 Å². The molecule has 1 aliphatic heterocycles. The summed E-state index contributed by atoms with van der Waals surface area (Å²) in [5.74, 6) is 0. The van der Waals surface area contributed by atoms with Crippen LogP contribution in [0.3, 0.4) is 0 Å². The van der Waals surface area contributed by atoms with E-state index in [0.29, 0.717) is 0 Å². The second-order valence-electron chi connectivity index (χ2n) is 5.57. The SMILES string of the molecule is CO[Si]1(OC)CCCCN1CCN=C1CCCCC1. The van der Waals surface area contributed by atoms with E-state index in [9.17, 15) is 0 Å². The Morgan fingerprint density at radius 1 is 1.05 bits per heavy atom. The Balaban J connectivity index is 1.85. The maximum atomic E-state index is 5.78. The van der Waals surface area contributed by atoms with Gasteiger partial charge in [-0.2, -0.15) is 0 Å². The van der Waals surface area contributed by atoms with Crippen molar-refractivity contribution in [3.05, 3.63) is 0 Å². The van der Waals surface area contributed by atoms with Crippen LogP contribution in [0.2, 0.25) is 6.04 Å². The van der Waals surface area contributed by atoms with E-state index in [1.165, 1.54) is 50.7 Å². The van der Waals surface area contributed by atoms with Crippen LogP contribution in [0.25, 0.3) is 0 Å². The van der Waals surface area contributed by atoms with Crippen LogP contribution in [0.5, 0.6) is 0 Å². The fourth-order valence-electron chi connectivity index (χ4n) is 3.25. The van der Waals surface area contributed by atoms with Gasteiger partial charge in [0.2, 0.25) is 0 Å². The molecule has 0 aromatic heterocycles. The molecule has 1 saturated heterocycles. The average molecular weight is 284 g/mol. The van der Waals surface area contributed by atoms with E-state index in [1.807, 2.05) is 0 Å². The predicted molar refractivity (Wildman–Crippen MR) is 80.8 cm³/mol. The quantitative estimate of drug-likeness (QED) is 0.728. The van der Waals surface area contributed by atoms with Crippen LogP contribution in [0.4, 0.5) is 0 Å². The third kappa shape index (κ3) is 3.87. The van der Waals surface area contributed by atoms with Gasteiger partial charge in [0.15, 0.2) is 0 Å². The normalized spacial score (nSPS) is 24.4. The standard InChI is InChI=1S/C14H28N2O2Si/c1-17-19(18-2)13-7-6-11-16(19)12-10-15-14-8-4-3-5-9-14/h3-13H2,1-2H3. The molecular formula is C14H28N2O2Si. The minimum atomic E-state index is -2.08. The number of rotatable bonds is 5. The second kappa shape index (κ2) is 7.52. The zero-order valence-corrected chi connectivity index (χ0v) is 13.5. The minimum absolute atomic E-state index is 0.913. The number of hydrogen-bond acceptors (Lipinski definition) is 4. The Morgan fingerprint density at radius 3 is 2.47 bits per heavy atom. The lowest BCUT2D eigenvalue weighted by atomic mass is 9.99. The monoisotopic (exact) mass is 284 g/mol. The first kappa shape index (κ1) is 15.2. The number of aliphatic imine (C=N–C) groups is 1. The van der Waals surface area contributed by atoms with Gasteiger partial charge in [-0.05, 0) is 45.1 Å². The molecule has 1 aliphatic carbocycles. The van der Waals surface area contributed by atoms with Gasteiger partial charge < -0.3 is 8.85 Å². The maximum absolute atomic E-state index is 5.78. The van der Waals surface area contributed by atoms with Crippen LogP contribution in [-0.2, 0) is 8.85 Å². The van der Waals surface area contributed by atoms with Gasteiger partial charge in [-0.15, -0.1) is 0 Å². The summed E-state index contributed by atoms with van der Waals surface area (Å²) in [6, 6.07) is 1.09. The molecule has 5 heteroatoms. The Morgan fingerprint density at radius 2 is 1.79 bits per heavy atom. The molecule has 2 rings (SSSR count). The summed E-state index contributed by atoms with van der Waals surface area (Å²) in [4.78, 5) is 4.80. The molecule has 1 saturated carbocycles. The molecule has 0 aromatic carbocycles. The lowest BCUT2D eigenvalue weighted by Crippen LogP contribution is -2.60. The Kier molecular flexibility index (Phi) is 6.00. The molecule has 0 atom stereocenters. The van der Waals surface area contributed by atoms with Crippen molar-refractivity contribution in [2.75, 3.05) is 33.9 Å². The average Bonchev–Trinajstić information content (AvgIpc) is 2.49. The molecule has 4 nitrogen and oxygen atoms in total. The predicted octanol–water partition coefficient (Wildman–Crippen LogP) is 2.72.